The van der Waals surface area contributed by atoms with Crippen molar-refractivity contribution in [1.82, 2.24) is 0 Å². The Morgan fingerprint density at radius 1 is 0.543 bits per heavy atom. The summed E-state index contributed by atoms with van der Waals surface area (Å²) in [5.41, 5.74) is 22.0. The SMILES string of the molecule is C=C1OB(c2ccc3c(c2)C(CCC(C)C)(CCC(C)C)c2cc(C/C=C\C4=C(CC)C(C)(C)c5cc(-c6ccc7c(c6)C(CCC(C)C)(CCC(C)C)c6ccccc6-7)ccc54)ccc2-3)OC1(C)C. The maximum Gasteiger partial charge on any atom is 0.563 e. The standard InChI is InChI=1S/C67H83BO2/c1-15-58-52(54-28-24-49(40-60(54)64(58,11)12)50-25-29-56-53-20-16-17-22-59(53)66(62(56)41-50,35-31-43(2)3)36-32-44(4)5)21-18-19-48-23-27-55-57-30-26-51(68-69-47(10)65(13,14)70-68)42-63(57)67(61(55)39-48,37-33-45(6)7)38-34-46(8)9/h16-18,20-30,39-46H,10,15,19,31-38H2,1-9,11-14H3/b21-18-. The highest BCUT2D eigenvalue weighted by atomic mass is 16.7. The summed E-state index contributed by atoms with van der Waals surface area (Å²) < 4.78 is 12.7. The minimum absolute atomic E-state index is 0.0468. The van der Waals surface area contributed by atoms with Gasteiger partial charge in [0, 0.05) is 16.2 Å². The summed E-state index contributed by atoms with van der Waals surface area (Å²) in [6, 6.07) is 38.6. The predicted molar refractivity (Wildman–Crippen MR) is 301 cm³/mol. The van der Waals surface area contributed by atoms with Gasteiger partial charge in [-0.15, -0.1) is 0 Å². The first kappa shape index (κ1) is 50.1. The maximum absolute atomic E-state index is 6.46. The molecule has 0 aromatic heterocycles. The van der Waals surface area contributed by atoms with Crippen LogP contribution in [0.2, 0.25) is 0 Å². The Labute approximate surface area is 424 Å². The molecule has 9 rings (SSSR count). The fraction of sp³-hybridized carbons (Fsp3) is 0.463. The molecule has 70 heavy (non-hydrogen) atoms. The first-order chi connectivity index (χ1) is 33.3. The van der Waals surface area contributed by atoms with E-state index in [2.05, 4.69) is 192 Å². The largest absolute Gasteiger partial charge is 0.563 e. The molecule has 0 unspecified atom stereocenters. The van der Waals surface area contributed by atoms with Crippen molar-refractivity contribution in [3.63, 3.8) is 0 Å². The summed E-state index contributed by atoms with van der Waals surface area (Å²) >= 11 is 0. The van der Waals surface area contributed by atoms with Crippen LogP contribution in [-0.2, 0) is 32.0 Å². The van der Waals surface area contributed by atoms with E-state index in [0.29, 0.717) is 29.4 Å². The Balaban J connectivity index is 1.04. The quantitative estimate of drug-likeness (QED) is 0.0815. The molecular weight excluding hydrogens is 848 g/mol. The molecule has 1 aliphatic heterocycles. The molecule has 5 aromatic carbocycles. The molecule has 4 aliphatic rings. The predicted octanol–water partition coefficient (Wildman–Crippen LogP) is 17.9. The van der Waals surface area contributed by atoms with Gasteiger partial charge in [-0.25, -0.2) is 0 Å². The second-order valence-electron chi connectivity index (χ2n) is 24.6. The zero-order chi connectivity index (χ0) is 49.9. The highest BCUT2D eigenvalue weighted by molar-refractivity contribution is 6.62. The van der Waals surface area contributed by atoms with Crippen molar-refractivity contribution < 1.29 is 9.31 Å². The molecule has 1 saturated heterocycles. The van der Waals surface area contributed by atoms with Crippen LogP contribution in [0.5, 0.6) is 0 Å². The summed E-state index contributed by atoms with van der Waals surface area (Å²) in [5, 5.41) is 0. The average molecular weight is 931 g/mol. The van der Waals surface area contributed by atoms with E-state index in [1.165, 1.54) is 111 Å². The molecule has 0 atom stereocenters. The zero-order valence-corrected chi connectivity index (χ0v) is 45.4. The van der Waals surface area contributed by atoms with E-state index < -0.39 is 12.7 Å². The maximum atomic E-state index is 6.46. The van der Waals surface area contributed by atoms with Gasteiger partial charge in [-0.3, -0.25) is 0 Å². The highest BCUT2D eigenvalue weighted by Crippen LogP contribution is 2.57. The van der Waals surface area contributed by atoms with Gasteiger partial charge in [0.2, 0.25) is 0 Å². The van der Waals surface area contributed by atoms with E-state index in [1.54, 1.807) is 11.1 Å². The molecule has 0 spiro atoms. The van der Waals surface area contributed by atoms with Gasteiger partial charge in [0.15, 0.2) is 0 Å². The van der Waals surface area contributed by atoms with Crippen LogP contribution in [0.25, 0.3) is 39.0 Å². The summed E-state index contributed by atoms with van der Waals surface area (Å²) in [6.07, 6.45) is 16.3. The van der Waals surface area contributed by atoms with Gasteiger partial charge in [0.05, 0.1) is 5.76 Å². The molecule has 1 heterocycles. The Morgan fingerprint density at radius 3 is 1.59 bits per heavy atom. The van der Waals surface area contributed by atoms with Crippen LogP contribution in [0.1, 0.15) is 187 Å². The number of benzene rings is 5. The van der Waals surface area contributed by atoms with Crippen molar-refractivity contribution in [3.05, 3.63) is 166 Å². The van der Waals surface area contributed by atoms with Crippen molar-refractivity contribution in [2.45, 2.75) is 176 Å². The number of hydrogen-bond donors (Lipinski definition) is 0. The molecule has 3 heteroatoms. The normalized spacial score (nSPS) is 17.8. The third-order valence-corrected chi connectivity index (χ3v) is 17.3. The van der Waals surface area contributed by atoms with Crippen molar-refractivity contribution in [1.29, 1.82) is 0 Å². The third-order valence-electron chi connectivity index (χ3n) is 17.3. The molecule has 366 valence electrons. The van der Waals surface area contributed by atoms with E-state index in [-0.39, 0.29) is 16.2 Å². The monoisotopic (exact) mass is 931 g/mol. The first-order valence-corrected chi connectivity index (χ1v) is 27.4. The molecule has 2 nitrogen and oxygen atoms in total. The topological polar surface area (TPSA) is 18.5 Å². The van der Waals surface area contributed by atoms with Crippen LogP contribution in [0.4, 0.5) is 0 Å². The van der Waals surface area contributed by atoms with Crippen molar-refractivity contribution in [2.24, 2.45) is 23.7 Å². The molecule has 1 fully saturated rings. The fourth-order valence-electron chi connectivity index (χ4n) is 13.0. The Bertz CT molecular complexity index is 2820. The zero-order valence-electron chi connectivity index (χ0n) is 45.4. The van der Waals surface area contributed by atoms with E-state index in [4.69, 9.17) is 9.31 Å². The van der Waals surface area contributed by atoms with Gasteiger partial charge in [0.25, 0.3) is 0 Å². The van der Waals surface area contributed by atoms with Gasteiger partial charge in [-0.1, -0.05) is 185 Å². The lowest BCUT2D eigenvalue weighted by molar-refractivity contribution is 0.173. The average Bonchev–Trinajstić information content (AvgIpc) is 3.94. The third kappa shape index (κ3) is 8.94. The molecular formula is C67H83BO2. The lowest BCUT2D eigenvalue weighted by Crippen LogP contribution is -2.36. The van der Waals surface area contributed by atoms with Crippen molar-refractivity contribution in [3.8, 4) is 33.4 Å². The lowest BCUT2D eigenvalue weighted by Gasteiger charge is -2.34. The molecule has 0 radical (unpaired) electrons. The van der Waals surface area contributed by atoms with Crippen LogP contribution in [0.15, 0.2) is 127 Å². The van der Waals surface area contributed by atoms with E-state index in [9.17, 15) is 0 Å². The van der Waals surface area contributed by atoms with Crippen LogP contribution in [-0.4, -0.2) is 12.7 Å². The minimum Gasteiger partial charge on any atom is -0.534 e. The number of hydrogen-bond acceptors (Lipinski definition) is 2. The first-order valence-electron chi connectivity index (χ1n) is 27.4. The van der Waals surface area contributed by atoms with Gasteiger partial charge in [-0.05, 0) is 197 Å². The van der Waals surface area contributed by atoms with Gasteiger partial charge in [-0.2, -0.15) is 0 Å². The lowest BCUT2D eigenvalue weighted by atomic mass is 9.67. The smallest absolute Gasteiger partial charge is 0.534 e. The van der Waals surface area contributed by atoms with Gasteiger partial charge >= 0.3 is 7.12 Å². The molecule has 5 aromatic rings. The van der Waals surface area contributed by atoms with Crippen LogP contribution in [0, 0.1) is 23.7 Å². The van der Waals surface area contributed by atoms with Gasteiger partial charge < -0.3 is 9.31 Å². The molecule has 0 bridgehead atoms. The van der Waals surface area contributed by atoms with Crippen LogP contribution in [0.3, 0.4) is 0 Å². The number of allylic oxidation sites excluding steroid dienone is 4. The van der Waals surface area contributed by atoms with E-state index in [0.717, 1.165) is 31.1 Å². The second kappa shape index (κ2) is 19.3. The van der Waals surface area contributed by atoms with E-state index in [1.807, 2.05) is 13.8 Å². The van der Waals surface area contributed by atoms with Crippen molar-refractivity contribution >= 4 is 18.2 Å². The second-order valence-corrected chi connectivity index (χ2v) is 24.6. The Hall–Kier alpha value is -4.86. The number of fused-ring (bicyclic) bond motifs is 7. The van der Waals surface area contributed by atoms with Crippen LogP contribution >= 0.6 is 0 Å². The van der Waals surface area contributed by atoms with Gasteiger partial charge in [0.1, 0.15) is 5.60 Å². The molecule has 0 amide bonds. The summed E-state index contributed by atoms with van der Waals surface area (Å²) in [4.78, 5) is 0. The Kier molecular flexibility index (Phi) is 13.8. The summed E-state index contributed by atoms with van der Waals surface area (Å²) in [5.74, 6) is 3.26. The summed E-state index contributed by atoms with van der Waals surface area (Å²) in [7, 11) is -0.443. The summed E-state index contributed by atoms with van der Waals surface area (Å²) in [6.45, 7) is 34.6. The minimum atomic E-state index is -0.515. The molecule has 0 N–H and O–H groups in total. The fourth-order valence-corrected chi connectivity index (χ4v) is 13.0. The van der Waals surface area contributed by atoms with Crippen LogP contribution < -0.4 is 5.46 Å². The van der Waals surface area contributed by atoms with Crippen molar-refractivity contribution in [2.75, 3.05) is 0 Å². The molecule has 3 aliphatic carbocycles. The number of rotatable bonds is 18. The molecule has 0 saturated carbocycles. The Morgan fingerprint density at radius 2 is 1.03 bits per heavy atom. The highest BCUT2D eigenvalue weighted by Gasteiger charge is 2.47. The van der Waals surface area contributed by atoms with E-state index >= 15 is 0 Å².